The zero-order chi connectivity index (χ0) is 12.4. The summed E-state index contributed by atoms with van der Waals surface area (Å²) in [7, 11) is 0. The predicted molar refractivity (Wildman–Crippen MR) is 66.0 cm³/mol. The molecule has 90 valence electrons. The molecule has 0 unspecified atom stereocenters. The molecule has 1 N–H and O–H groups in total. The number of hydrogen-bond acceptors (Lipinski definition) is 3. The number of rotatable bonds is 2. The van der Waals surface area contributed by atoms with Crippen LogP contribution in [0.5, 0.6) is 5.88 Å². The van der Waals surface area contributed by atoms with Gasteiger partial charge in [-0.3, -0.25) is 0 Å². The first-order chi connectivity index (χ1) is 8.11. The summed E-state index contributed by atoms with van der Waals surface area (Å²) >= 11 is 11.9. The van der Waals surface area contributed by atoms with Gasteiger partial charge in [0.05, 0.1) is 6.61 Å². The lowest BCUT2D eigenvalue weighted by atomic mass is 10.2. The number of aromatic nitrogens is 1. The number of hydrogen-bond donors (Lipinski definition) is 1. The molecule has 0 amide bonds. The normalized spacial score (nSPS) is 10.5. The zero-order valence-corrected chi connectivity index (χ0v) is 10.4. The third-order valence-electron chi connectivity index (χ3n) is 2.11. The largest absolute Gasteiger partial charge is 0.515 e. The highest BCUT2D eigenvalue weighted by Gasteiger charge is 2.15. The molecule has 0 aliphatic rings. The smallest absolute Gasteiger partial charge is 0.434 e. The number of aromatic amines is 1. The minimum absolute atomic E-state index is 0.155. The van der Waals surface area contributed by atoms with Gasteiger partial charge in [0, 0.05) is 15.9 Å². The molecule has 0 bridgehead atoms. The Bertz CT molecular complexity index is 565. The van der Waals surface area contributed by atoms with Crippen LogP contribution in [-0.4, -0.2) is 17.7 Å². The van der Waals surface area contributed by atoms with Crippen LogP contribution in [0.4, 0.5) is 4.79 Å². The molecule has 1 aromatic carbocycles. The van der Waals surface area contributed by atoms with Crippen LogP contribution >= 0.6 is 23.2 Å². The molecule has 0 spiro atoms. The van der Waals surface area contributed by atoms with Gasteiger partial charge >= 0.3 is 6.16 Å². The molecule has 0 radical (unpaired) electrons. The van der Waals surface area contributed by atoms with Crippen LogP contribution in [0, 0.1) is 0 Å². The minimum atomic E-state index is -0.799. The second-order valence-corrected chi connectivity index (χ2v) is 4.06. The molecular weight excluding hydrogens is 265 g/mol. The average Bonchev–Trinajstić information content (AvgIpc) is 2.57. The van der Waals surface area contributed by atoms with E-state index in [4.69, 9.17) is 27.9 Å². The first-order valence-electron chi connectivity index (χ1n) is 4.93. The molecule has 2 aromatic rings. The number of benzene rings is 1. The maximum absolute atomic E-state index is 11.2. The van der Waals surface area contributed by atoms with Gasteiger partial charge in [-0.25, -0.2) is 4.79 Å². The van der Waals surface area contributed by atoms with E-state index in [0.29, 0.717) is 15.4 Å². The molecule has 0 fully saturated rings. The molecule has 2 rings (SSSR count). The third-order valence-corrected chi connectivity index (χ3v) is 2.72. The van der Waals surface area contributed by atoms with Gasteiger partial charge in [-0.05, 0) is 25.1 Å². The maximum atomic E-state index is 11.2. The van der Waals surface area contributed by atoms with Crippen LogP contribution in [0.1, 0.15) is 6.92 Å². The van der Waals surface area contributed by atoms with Gasteiger partial charge in [0.25, 0.3) is 0 Å². The monoisotopic (exact) mass is 273 g/mol. The number of fused-ring (bicyclic) bond motifs is 1. The van der Waals surface area contributed by atoms with E-state index in [1.807, 2.05) is 0 Å². The molecule has 0 aliphatic carbocycles. The predicted octanol–water partition coefficient (Wildman–Crippen LogP) is 4.01. The van der Waals surface area contributed by atoms with Gasteiger partial charge in [0.1, 0.15) is 5.02 Å². The number of halogens is 2. The van der Waals surface area contributed by atoms with Crippen molar-refractivity contribution in [2.75, 3.05) is 6.61 Å². The Hall–Kier alpha value is -1.39. The highest BCUT2D eigenvalue weighted by molar-refractivity contribution is 6.38. The Morgan fingerprint density at radius 2 is 2.18 bits per heavy atom. The Morgan fingerprint density at radius 1 is 1.41 bits per heavy atom. The summed E-state index contributed by atoms with van der Waals surface area (Å²) in [5, 5.41) is 1.55. The van der Waals surface area contributed by atoms with E-state index in [0.717, 1.165) is 5.52 Å². The minimum Gasteiger partial charge on any atom is -0.434 e. The van der Waals surface area contributed by atoms with E-state index < -0.39 is 6.16 Å². The van der Waals surface area contributed by atoms with Crippen molar-refractivity contribution in [3.05, 3.63) is 28.2 Å². The van der Waals surface area contributed by atoms with Crippen LogP contribution in [-0.2, 0) is 4.74 Å². The van der Waals surface area contributed by atoms with E-state index in [1.54, 1.807) is 25.1 Å². The number of carbonyl (C=O) groups excluding carboxylic acids is 1. The molecule has 0 saturated carbocycles. The van der Waals surface area contributed by atoms with Crippen molar-refractivity contribution in [3.8, 4) is 5.88 Å². The standard InChI is InChI=1S/C11H9Cl2NO3/c1-2-16-11(15)17-10-9(13)7-5-6(12)3-4-8(7)14-10/h3-5,14H,2H2,1H3. The molecular formula is C11H9Cl2NO3. The lowest BCUT2D eigenvalue weighted by molar-refractivity contribution is 0.103. The van der Waals surface area contributed by atoms with Crippen LogP contribution in [0.15, 0.2) is 18.2 Å². The lowest BCUT2D eigenvalue weighted by Crippen LogP contribution is -2.10. The lowest BCUT2D eigenvalue weighted by Gasteiger charge is -2.01. The molecule has 1 heterocycles. The summed E-state index contributed by atoms with van der Waals surface area (Å²) in [6.07, 6.45) is -0.799. The third kappa shape index (κ3) is 2.48. The summed E-state index contributed by atoms with van der Waals surface area (Å²) in [6.45, 7) is 1.93. The van der Waals surface area contributed by atoms with Crippen molar-refractivity contribution < 1.29 is 14.3 Å². The second kappa shape index (κ2) is 4.85. The number of ether oxygens (including phenoxy) is 2. The topological polar surface area (TPSA) is 51.3 Å². The molecule has 4 nitrogen and oxygen atoms in total. The van der Waals surface area contributed by atoms with E-state index >= 15 is 0 Å². The fourth-order valence-electron chi connectivity index (χ4n) is 1.41. The second-order valence-electron chi connectivity index (χ2n) is 3.24. The first kappa shape index (κ1) is 12.1. The molecule has 0 aliphatic heterocycles. The van der Waals surface area contributed by atoms with Gasteiger partial charge in [-0.15, -0.1) is 0 Å². The summed E-state index contributed by atoms with van der Waals surface area (Å²) < 4.78 is 9.57. The molecule has 6 heteroatoms. The molecule has 17 heavy (non-hydrogen) atoms. The average molecular weight is 274 g/mol. The van der Waals surface area contributed by atoms with Gasteiger partial charge in [0.2, 0.25) is 5.88 Å². The van der Waals surface area contributed by atoms with Gasteiger partial charge < -0.3 is 14.5 Å². The number of nitrogens with one attached hydrogen (secondary N) is 1. The van der Waals surface area contributed by atoms with Crippen molar-refractivity contribution in [2.24, 2.45) is 0 Å². The molecule has 1 aromatic heterocycles. The molecule has 0 atom stereocenters. The first-order valence-corrected chi connectivity index (χ1v) is 5.68. The fraction of sp³-hybridized carbons (Fsp3) is 0.182. The van der Waals surface area contributed by atoms with Gasteiger partial charge in [0.15, 0.2) is 0 Å². The van der Waals surface area contributed by atoms with E-state index in [9.17, 15) is 4.79 Å². The quantitative estimate of drug-likeness (QED) is 0.842. The van der Waals surface area contributed by atoms with Crippen LogP contribution in [0.2, 0.25) is 10.0 Å². The van der Waals surface area contributed by atoms with E-state index in [2.05, 4.69) is 9.72 Å². The van der Waals surface area contributed by atoms with Crippen molar-refractivity contribution in [1.29, 1.82) is 0 Å². The van der Waals surface area contributed by atoms with E-state index in [1.165, 1.54) is 0 Å². The SMILES string of the molecule is CCOC(=O)Oc1[nH]c2ccc(Cl)cc2c1Cl. The Balaban J connectivity index is 2.35. The van der Waals surface area contributed by atoms with Crippen molar-refractivity contribution in [3.63, 3.8) is 0 Å². The summed E-state index contributed by atoms with van der Waals surface area (Å²) in [5.74, 6) is 0.155. The summed E-state index contributed by atoms with van der Waals surface area (Å²) in [4.78, 5) is 14.0. The Kier molecular flexibility index (Phi) is 3.45. The highest BCUT2D eigenvalue weighted by atomic mass is 35.5. The van der Waals surface area contributed by atoms with Gasteiger partial charge in [-0.2, -0.15) is 0 Å². The molecule has 0 saturated heterocycles. The zero-order valence-electron chi connectivity index (χ0n) is 8.92. The van der Waals surface area contributed by atoms with E-state index in [-0.39, 0.29) is 12.5 Å². The number of carbonyl (C=O) groups is 1. The Morgan fingerprint density at radius 3 is 2.88 bits per heavy atom. The highest BCUT2D eigenvalue weighted by Crippen LogP contribution is 2.34. The van der Waals surface area contributed by atoms with Crippen molar-refractivity contribution in [1.82, 2.24) is 4.98 Å². The summed E-state index contributed by atoms with van der Waals surface area (Å²) in [6, 6.07) is 5.15. The maximum Gasteiger partial charge on any atom is 0.515 e. The van der Waals surface area contributed by atoms with Crippen molar-refractivity contribution >= 4 is 40.3 Å². The fourth-order valence-corrected chi connectivity index (χ4v) is 1.82. The Labute approximate surface area is 107 Å². The van der Waals surface area contributed by atoms with Crippen LogP contribution in [0.25, 0.3) is 10.9 Å². The van der Waals surface area contributed by atoms with Crippen molar-refractivity contribution in [2.45, 2.75) is 6.92 Å². The number of H-pyrrole nitrogens is 1. The summed E-state index contributed by atoms with van der Waals surface area (Å²) in [5.41, 5.74) is 0.735. The van der Waals surface area contributed by atoms with Crippen LogP contribution in [0.3, 0.4) is 0 Å². The van der Waals surface area contributed by atoms with Gasteiger partial charge in [-0.1, -0.05) is 23.2 Å². The van der Waals surface area contributed by atoms with Crippen LogP contribution < -0.4 is 4.74 Å².